The highest BCUT2D eigenvalue weighted by molar-refractivity contribution is 5.86. The van der Waals surface area contributed by atoms with Crippen LogP contribution in [0.2, 0.25) is 0 Å². The third-order valence-corrected chi connectivity index (χ3v) is 3.04. The number of hydrazine groups is 1. The van der Waals surface area contributed by atoms with Gasteiger partial charge < -0.3 is 9.47 Å². The van der Waals surface area contributed by atoms with E-state index >= 15 is 0 Å². The van der Waals surface area contributed by atoms with Crippen LogP contribution in [-0.4, -0.2) is 12.7 Å². The molecule has 0 aliphatic heterocycles. The summed E-state index contributed by atoms with van der Waals surface area (Å²) in [4.78, 5) is 11.5. The Morgan fingerprint density at radius 1 is 1.26 bits per heavy atom. The Kier molecular flexibility index (Phi) is 5.56. The first kappa shape index (κ1) is 16.3. The fourth-order valence-corrected chi connectivity index (χ4v) is 1.90. The zero-order chi connectivity index (χ0) is 16.7. The van der Waals surface area contributed by atoms with Crippen molar-refractivity contribution in [3.63, 3.8) is 0 Å². The lowest BCUT2D eigenvalue weighted by molar-refractivity contribution is 0.160. The molecule has 0 fully saturated rings. The quantitative estimate of drug-likeness (QED) is 0.521. The molecule has 0 saturated heterocycles. The smallest absolute Gasteiger partial charge is 0.428 e. The summed E-state index contributed by atoms with van der Waals surface area (Å²) in [6.45, 7) is 2.32. The number of benzene rings is 2. The van der Waals surface area contributed by atoms with E-state index in [1.165, 1.54) is 0 Å². The molecule has 0 spiro atoms. The lowest BCUT2D eigenvalue weighted by atomic mass is 10.1. The van der Waals surface area contributed by atoms with Crippen molar-refractivity contribution in [3.05, 3.63) is 59.7 Å². The molecule has 0 heterocycles. The Labute approximate surface area is 134 Å². The Morgan fingerprint density at radius 2 is 2.00 bits per heavy atom. The van der Waals surface area contributed by atoms with Gasteiger partial charge in [0, 0.05) is 0 Å². The third kappa shape index (κ3) is 4.46. The molecule has 2 N–H and O–H groups in total. The average molecular weight is 311 g/mol. The number of carbonyl (C=O) groups is 1. The molecular formula is C17H17N3O3. The first-order valence-electron chi connectivity index (χ1n) is 7.07. The molecule has 0 aromatic heterocycles. The van der Waals surface area contributed by atoms with Crippen LogP contribution in [0.5, 0.6) is 5.75 Å². The number of amides is 1. The van der Waals surface area contributed by atoms with Crippen molar-refractivity contribution in [2.75, 3.05) is 11.6 Å². The van der Waals surface area contributed by atoms with Gasteiger partial charge in [-0.15, -0.1) is 0 Å². The van der Waals surface area contributed by atoms with Crippen LogP contribution >= 0.6 is 0 Å². The summed E-state index contributed by atoms with van der Waals surface area (Å²) >= 11 is 0. The number of carbonyl (C=O) groups excluding carboxylic acids is 1. The zero-order valence-corrected chi connectivity index (χ0v) is 12.7. The first-order valence-corrected chi connectivity index (χ1v) is 7.07. The Bertz CT molecular complexity index is 708. The van der Waals surface area contributed by atoms with Crippen molar-refractivity contribution in [3.8, 4) is 11.8 Å². The van der Waals surface area contributed by atoms with Crippen LogP contribution in [0.25, 0.3) is 0 Å². The summed E-state index contributed by atoms with van der Waals surface area (Å²) in [6.07, 6.45) is -0.616. The van der Waals surface area contributed by atoms with Gasteiger partial charge in [-0.2, -0.15) is 5.26 Å². The number of hydrogen-bond acceptors (Lipinski definition) is 5. The van der Waals surface area contributed by atoms with E-state index in [0.717, 1.165) is 10.6 Å². The monoisotopic (exact) mass is 311 g/mol. The van der Waals surface area contributed by atoms with Crippen LogP contribution in [0.15, 0.2) is 48.5 Å². The maximum atomic E-state index is 11.5. The molecule has 0 bridgehead atoms. The maximum absolute atomic E-state index is 11.5. The lowest BCUT2D eigenvalue weighted by Gasteiger charge is -2.16. The number of nitrogens with zero attached hydrogens (tertiary/aromatic N) is 2. The number of rotatable bonds is 5. The molecule has 6 nitrogen and oxygen atoms in total. The second-order valence-electron chi connectivity index (χ2n) is 4.66. The van der Waals surface area contributed by atoms with Crippen molar-refractivity contribution < 1.29 is 14.3 Å². The van der Waals surface area contributed by atoms with E-state index in [1.54, 1.807) is 43.3 Å². The summed E-state index contributed by atoms with van der Waals surface area (Å²) in [6, 6.07) is 16.1. The SMILES string of the molecule is CCOC(=O)N(N)c1ccc(OCc2cccc(C#N)c2)cc1. The summed E-state index contributed by atoms with van der Waals surface area (Å²) in [5, 5.41) is 9.80. The van der Waals surface area contributed by atoms with E-state index in [1.807, 2.05) is 12.1 Å². The highest BCUT2D eigenvalue weighted by atomic mass is 16.6. The Balaban J connectivity index is 1.97. The van der Waals surface area contributed by atoms with E-state index in [9.17, 15) is 4.79 Å². The van der Waals surface area contributed by atoms with Crippen molar-refractivity contribution in [1.82, 2.24) is 0 Å². The molecule has 0 radical (unpaired) electrons. The molecule has 2 aromatic rings. The zero-order valence-electron chi connectivity index (χ0n) is 12.7. The van der Waals surface area contributed by atoms with E-state index < -0.39 is 6.09 Å². The van der Waals surface area contributed by atoms with Crippen molar-refractivity contribution in [1.29, 1.82) is 5.26 Å². The third-order valence-electron chi connectivity index (χ3n) is 3.04. The van der Waals surface area contributed by atoms with Gasteiger partial charge in [0.2, 0.25) is 0 Å². The summed E-state index contributed by atoms with van der Waals surface area (Å²) in [5.74, 6) is 6.29. The molecule has 0 aliphatic carbocycles. The van der Waals surface area contributed by atoms with E-state index in [-0.39, 0.29) is 6.61 Å². The normalized spacial score (nSPS) is 9.78. The van der Waals surface area contributed by atoms with E-state index in [2.05, 4.69) is 6.07 Å². The second kappa shape index (κ2) is 7.82. The molecule has 2 rings (SSSR count). The van der Waals surface area contributed by atoms with Crippen LogP contribution in [0.4, 0.5) is 10.5 Å². The van der Waals surface area contributed by atoms with Gasteiger partial charge in [0.05, 0.1) is 23.9 Å². The highest BCUT2D eigenvalue weighted by Gasteiger charge is 2.12. The molecule has 1 amide bonds. The largest absolute Gasteiger partial charge is 0.489 e. The molecule has 0 saturated carbocycles. The molecule has 23 heavy (non-hydrogen) atoms. The lowest BCUT2D eigenvalue weighted by Crippen LogP contribution is -2.37. The molecule has 2 aromatic carbocycles. The molecule has 6 heteroatoms. The van der Waals surface area contributed by atoms with Gasteiger partial charge >= 0.3 is 6.09 Å². The minimum absolute atomic E-state index is 0.259. The molecule has 0 aliphatic rings. The van der Waals surface area contributed by atoms with Crippen LogP contribution in [0.1, 0.15) is 18.1 Å². The standard InChI is InChI=1S/C17H17N3O3/c1-2-22-17(21)20(19)15-6-8-16(9-7-15)23-12-14-5-3-4-13(10-14)11-18/h3-10H,2,12,19H2,1H3. The van der Waals surface area contributed by atoms with Crippen LogP contribution in [-0.2, 0) is 11.3 Å². The van der Waals surface area contributed by atoms with Crippen molar-refractivity contribution in [2.45, 2.75) is 13.5 Å². The predicted octanol–water partition coefficient (Wildman–Crippen LogP) is 2.97. The summed E-state index contributed by atoms with van der Waals surface area (Å²) < 4.78 is 10.5. The Hall–Kier alpha value is -3.04. The number of nitrogens with two attached hydrogens (primary N) is 1. The van der Waals surface area contributed by atoms with Crippen LogP contribution in [0.3, 0.4) is 0 Å². The Morgan fingerprint density at radius 3 is 2.65 bits per heavy atom. The highest BCUT2D eigenvalue weighted by Crippen LogP contribution is 2.19. The van der Waals surface area contributed by atoms with E-state index in [0.29, 0.717) is 23.6 Å². The average Bonchev–Trinajstić information content (AvgIpc) is 2.60. The molecular weight excluding hydrogens is 294 g/mol. The minimum Gasteiger partial charge on any atom is -0.489 e. The topological polar surface area (TPSA) is 88.6 Å². The van der Waals surface area contributed by atoms with Gasteiger partial charge in [-0.25, -0.2) is 15.6 Å². The minimum atomic E-state index is -0.616. The van der Waals surface area contributed by atoms with Gasteiger partial charge in [-0.3, -0.25) is 0 Å². The van der Waals surface area contributed by atoms with Gasteiger partial charge in [0.1, 0.15) is 12.4 Å². The number of nitriles is 1. The summed E-state index contributed by atoms with van der Waals surface area (Å²) in [5.41, 5.74) is 2.00. The fourth-order valence-electron chi connectivity index (χ4n) is 1.90. The predicted molar refractivity (Wildman–Crippen MR) is 85.6 cm³/mol. The first-order chi connectivity index (χ1) is 11.1. The van der Waals surface area contributed by atoms with Gasteiger partial charge in [0.25, 0.3) is 0 Å². The van der Waals surface area contributed by atoms with Gasteiger partial charge in [0.15, 0.2) is 0 Å². The molecule has 0 unspecified atom stereocenters. The number of hydrogen-bond donors (Lipinski definition) is 1. The van der Waals surface area contributed by atoms with Crippen molar-refractivity contribution in [2.24, 2.45) is 5.84 Å². The van der Waals surface area contributed by atoms with E-state index in [4.69, 9.17) is 20.6 Å². The molecule has 118 valence electrons. The number of ether oxygens (including phenoxy) is 2. The maximum Gasteiger partial charge on any atom is 0.428 e. The van der Waals surface area contributed by atoms with Crippen LogP contribution < -0.4 is 15.6 Å². The van der Waals surface area contributed by atoms with Gasteiger partial charge in [-0.1, -0.05) is 12.1 Å². The summed E-state index contributed by atoms with van der Waals surface area (Å²) in [7, 11) is 0. The second-order valence-corrected chi connectivity index (χ2v) is 4.66. The van der Waals surface area contributed by atoms with Crippen LogP contribution in [0, 0.1) is 11.3 Å². The number of anilines is 1. The van der Waals surface area contributed by atoms with Crippen molar-refractivity contribution >= 4 is 11.8 Å². The van der Waals surface area contributed by atoms with Gasteiger partial charge in [-0.05, 0) is 48.9 Å². The molecule has 0 atom stereocenters. The fraction of sp³-hybridized carbons (Fsp3) is 0.176.